The Hall–Kier alpha value is -3.82. The summed E-state index contributed by atoms with van der Waals surface area (Å²) in [6.07, 6.45) is 3.29. The molecule has 2 aliphatic rings. The smallest absolute Gasteiger partial charge is 0.249 e. The van der Waals surface area contributed by atoms with Crippen molar-refractivity contribution in [3.63, 3.8) is 0 Å². The average Bonchev–Trinajstić information content (AvgIpc) is 3.72. The number of rotatable bonds is 12. The fraction of sp³-hybridized carbons (Fsp3) is 0.379. The number of benzene rings is 2. The molecule has 200 valence electrons. The fourth-order valence-electron chi connectivity index (χ4n) is 4.56. The van der Waals surface area contributed by atoms with Crippen LogP contribution >= 0.6 is 0 Å². The van der Waals surface area contributed by atoms with Gasteiger partial charge >= 0.3 is 0 Å². The molecule has 0 aliphatic carbocycles. The van der Waals surface area contributed by atoms with Crippen molar-refractivity contribution in [3.05, 3.63) is 83.8 Å². The summed E-state index contributed by atoms with van der Waals surface area (Å²) in [7, 11) is 0. The summed E-state index contributed by atoms with van der Waals surface area (Å²) in [4.78, 5) is 30.1. The van der Waals surface area contributed by atoms with E-state index in [-0.39, 0.29) is 44.4 Å². The molecule has 0 N–H and O–H groups in total. The summed E-state index contributed by atoms with van der Waals surface area (Å²) in [5.41, 5.74) is 1.87. The number of furan rings is 1. The maximum absolute atomic E-state index is 13.6. The minimum absolute atomic E-state index is 0.0847. The van der Waals surface area contributed by atoms with Crippen LogP contribution in [0.2, 0.25) is 0 Å². The molecule has 1 unspecified atom stereocenters. The molecule has 1 fully saturated rings. The standard InChI is InChI=1S/C29H32N2O7/c32-28(30(16-24-8-4-12-35-24)15-23-10-11-26-27(14-23)38-21-37-26)18-31(17-25-9-5-13-36-25)29(33)20-34-19-22-6-2-1-3-7-22/h1-4,6-8,10-12,14,25H,5,9,13,15-21H2. The lowest BCUT2D eigenvalue weighted by atomic mass is 10.1. The van der Waals surface area contributed by atoms with Crippen molar-refractivity contribution >= 4 is 11.8 Å². The first-order valence-corrected chi connectivity index (χ1v) is 12.8. The Bertz CT molecular complexity index is 1190. The first kappa shape index (κ1) is 25.8. The molecule has 1 aromatic heterocycles. The van der Waals surface area contributed by atoms with Crippen molar-refractivity contribution in [2.24, 2.45) is 0 Å². The van der Waals surface area contributed by atoms with Gasteiger partial charge in [-0.15, -0.1) is 0 Å². The molecule has 0 spiro atoms. The summed E-state index contributed by atoms with van der Waals surface area (Å²) in [5, 5.41) is 0. The summed E-state index contributed by atoms with van der Waals surface area (Å²) in [6.45, 7) is 1.91. The van der Waals surface area contributed by atoms with E-state index in [4.69, 9.17) is 23.4 Å². The highest BCUT2D eigenvalue weighted by atomic mass is 16.7. The number of amides is 2. The third-order valence-corrected chi connectivity index (χ3v) is 6.55. The SMILES string of the molecule is O=C(CN(CC1CCCO1)C(=O)COCc1ccccc1)N(Cc1ccc2c(c1)OCO2)Cc1ccco1. The van der Waals surface area contributed by atoms with Gasteiger partial charge in [-0.05, 0) is 48.2 Å². The van der Waals surface area contributed by atoms with Gasteiger partial charge in [-0.3, -0.25) is 9.59 Å². The fourth-order valence-corrected chi connectivity index (χ4v) is 4.56. The van der Waals surface area contributed by atoms with Crippen LogP contribution in [-0.2, 0) is 38.8 Å². The zero-order valence-corrected chi connectivity index (χ0v) is 21.3. The Morgan fingerprint density at radius 3 is 2.55 bits per heavy atom. The molecule has 5 rings (SSSR count). The van der Waals surface area contributed by atoms with Crippen molar-refractivity contribution in [1.29, 1.82) is 0 Å². The van der Waals surface area contributed by atoms with Crippen molar-refractivity contribution in [2.75, 3.05) is 33.1 Å². The van der Waals surface area contributed by atoms with Crippen LogP contribution in [0.3, 0.4) is 0 Å². The second kappa shape index (κ2) is 12.6. The first-order chi connectivity index (χ1) is 18.6. The molecule has 0 saturated carbocycles. The van der Waals surface area contributed by atoms with Crippen LogP contribution in [0.4, 0.5) is 0 Å². The van der Waals surface area contributed by atoms with E-state index in [9.17, 15) is 9.59 Å². The molecule has 2 aromatic carbocycles. The summed E-state index contributed by atoms with van der Waals surface area (Å²) < 4.78 is 27.9. The molecule has 9 nitrogen and oxygen atoms in total. The quantitative estimate of drug-likeness (QED) is 0.359. The highest BCUT2D eigenvalue weighted by Gasteiger charge is 2.27. The predicted octanol–water partition coefficient (Wildman–Crippen LogP) is 3.76. The van der Waals surface area contributed by atoms with Crippen molar-refractivity contribution in [2.45, 2.75) is 38.6 Å². The van der Waals surface area contributed by atoms with Gasteiger partial charge in [0.1, 0.15) is 12.4 Å². The van der Waals surface area contributed by atoms with Gasteiger partial charge in [0.2, 0.25) is 18.6 Å². The molecule has 2 amide bonds. The third kappa shape index (κ3) is 6.93. The van der Waals surface area contributed by atoms with E-state index in [1.54, 1.807) is 22.1 Å². The number of carbonyl (C=O) groups excluding carboxylic acids is 2. The molecule has 0 radical (unpaired) electrons. The Morgan fingerprint density at radius 1 is 0.895 bits per heavy atom. The minimum Gasteiger partial charge on any atom is -0.467 e. The molecule has 2 aliphatic heterocycles. The Morgan fingerprint density at radius 2 is 1.76 bits per heavy atom. The third-order valence-electron chi connectivity index (χ3n) is 6.55. The molecular weight excluding hydrogens is 488 g/mol. The molecule has 0 bridgehead atoms. The van der Waals surface area contributed by atoms with E-state index in [1.807, 2.05) is 54.6 Å². The maximum Gasteiger partial charge on any atom is 0.249 e. The highest BCUT2D eigenvalue weighted by molar-refractivity contribution is 5.85. The lowest BCUT2D eigenvalue weighted by Gasteiger charge is -2.29. The number of nitrogens with zero attached hydrogens (tertiary/aromatic N) is 2. The van der Waals surface area contributed by atoms with Gasteiger partial charge in [0, 0.05) is 19.7 Å². The van der Waals surface area contributed by atoms with Crippen LogP contribution < -0.4 is 9.47 Å². The number of fused-ring (bicyclic) bond motifs is 1. The molecule has 3 aromatic rings. The zero-order chi connectivity index (χ0) is 26.2. The number of hydrogen-bond acceptors (Lipinski definition) is 7. The first-order valence-electron chi connectivity index (χ1n) is 12.8. The monoisotopic (exact) mass is 520 g/mol. The van der Waals surface area contributed by atoms with Crippen LogP contribution in [0.5, 0.6) is 11.5 Å². The van der Waals surface area contributed by atoms with Gasteiger partial charge < -0.3 is 33.2 Å². The van der Waals surface area contributed by atoms with Gasteiger partial charge in [0.05, 0.1) is 32.1 Å². The van der Waals surface area contributed by atoms with E-state index < -0.39 is 0 Å². The number of carbonyl (C=O) groups is 2. The second-order valence-corrected chi connectivity index (χ2v) is 9.40. The topological polar surface area (TPSA) is 90.7 Å². The normalized spacial score (nSPS) is 15.9. The Labute approximate surface area is 221 Å². The molecular formula is C29H32N2O7. The molecule has 9 heteroatoms. The van der Waals surface area contributed by atoms with Crippen LogP contribution in [0.25, 0.3) is 0 Å². The van der Waals surface area contributed by atoms with Crippen LogP contribution in [-0.4, -0.2) is 60.8 Å². The van der Waals surface area contributed by atoms with E-state index in [2.05, 4.69) is 0 Å². The minimum atomic E-state index is -0.245. The molecule has 1 atom stereocenters. The van der Waals surface area contributed by atoms with Crippen LogP contribution in [0, 0.1) is 0 Å². The van der Waals surface area contributed by atoms with Gasteiger partial charge in [-0.2, -0.15) is 0 Å². The molecule has 1 saturated heterocycles. The van der Waals surface area contributed by atoms with Gasteiger partial charge in [-0.25, -0.2) is 0 Å². The summed E-state index contributed by atoms with van der Waals surface area (Å²) >= 11 is 0. The van der Waals surface area contributed by atoms with Crippen molar-refractivity contribution < 1.29 is 33.0 Å². The van der Waals surface area contributed by atoms with E-state index in [1.165, 1.54) is 0 Å². The van der Waals surface area contributed by atoms with Crippen LogP contribution in [0.1, 0.15) is 29.7 Å². The van der Waals surface area contributed by atoms with Crippen LogP contribution in [0.15, 0.2) is 71.3 Å². The second-order valence-electron chi connectivity index (χ2n) is 9.40. The summed E-state index contributed by atoms with van der Waals surface area (Å²) in [5.74, 6) is 1.54. The average molecular weight is 521 g/mol. The summed E-state index contributed by atoms with van der Waals surface area (Å²) in [6, 6.07) is 18.9. The van der Waals surface area contributed by atoms with Crippen molar-refractivity contribution in [3.8, 4) is 11.5 Å². The Balaban J connectivity index is 1.27. The van der Waals surface area contributed by atoms with Gasteiger partial charge in [-0.1, -0.05) is 36.4 Å². The Kier molecular flexibility index (Phi) is 8.57. The predicted molar refractivity (Wildman–Crippen MR) is 137 cm³/mol. The van der Waals surface area contributed by atoms with E-state index in [0.29, 0.717) is 43.6 Å². The lowest BCUT2D eigenvalue weighted by molar-refractivity contribution is -0.145. The highest BCUT2D eigenvalue weighted by Crippen LogP contribution is 2.33. The molecule has 3 heterocycles. The largest absolute Gasteiger partial charge is 0.467 e. The van der Waals surface area contributed by atoms with Gasteiger partial charge in [0.25, 0.3) is 0 Å². The van der Waals surface area contributed by atoms with Gasteiger partial charge in [0.15, 0.2) is 11.5 Å². The lowest BCUT2D eigenvalue weighted by Crippen LogP contribution is -2.46. The number of hydrogen-bond donors (Lipinski definition) is 0. The molecule has 38 heavy (non-hydrogen) atoms. The van der Waals surface area contributed by atoms with E-state index >= 15 is 0 Å². The van der Waals surface area contributed by atoms with Crippen molar-refractivity contribution in [1.82, 2.24) is 9.80 Å². The van der Waals surface area contributed by atoms with E-state index in [0.717, 1.165) is 24.0 Å². The maximum atomic E-state index is 13.6. The number of ether oxygens (including phenoxy) is 4. The zero-order valence-electron chi connectivity index (χ0n) is 21.3.